The highest BCUT2D eigenvalue weighted by Gasteiger charge is 2.10. The molecule has 0 fully saturated rings. The van der Waals surface area contributed by atoms with Gasteiger partial charge in [0, 0.05) is 17.7 Å². The summed E-state index contributed by atoms with van der Waals surface area (Å²) in [6.07, 6.45) is 2.73. The predicted octanol–water partition coefficient (Wildman–Crippen LogP) is 1.88. The monoisotopic (exact) mass is 334 g/mol. The summed E-state index contributed by atoms with van der Waals surface area (Å²) >= 11 is 0. The number of hydrogen-bond acceptors (Lipinski definition) is 5. The number of nitrogens with one attached hydrogen (secondary N) is 2. The van der Waals surface area contributed by atoms with E-state index in [1.807, 2.05) is 19.1 Å². The Labute approximate surface area is 141 Å². The highest BCUT2D eigenvalue weighted by molar-refractivity contribution is 5.96. The van der Waals surface area contributed by atoms with E-state index in [9.17, 15) is 14.4 Å². The molecule has 0 radical (unpaired) electrons. The molecule has 0 atom stereocenters. The Balaban J connectivity index is 2.46. The van der Waals surface area contributed by atoms with E-state index in [0.29, 0.717) is 12.4 Å². The molecule has 3 amide bonds. The maximum Gasteiger partial charge on any atom is 0.331 e. The molecule has 2 N–H and O–H groups in total. The SMILES string of the molecule is CCOc1ccccc1/C=C/C(=O)OCC(=O)NC(=O)NC(C)C. The maximum atomic E-state index is 11.6. The lowest BCUT2D eigenvalue weighted by molar-refractivity contribution is -0.143. The molecule has 7 nitrogen and oxygen atoms in total. The first kappa shape index (κ1) is 19.2. The molecule has 0 saturated carbocycles. The van der Waals surface area contributed by atoms with E-state index in [4.69, 9.17) is 9.47 Å². The van der Waals surface area contributed by atoms with Crippen molar-refractivity contribution >= 4 is 24.0 Å². The van der Waals surface area contributed by atoms with Gasteiger partial charge in [0.05, 0.1) is 6.61 Å². The summed E-state index contributed by atoms with van der Waals surface area (Å²) in [4.78, 5) is 34.4. The molecule has 7 heteroatoms. The lowest BCUT2D eigenvalue weighted by Gasteiger charge is -2.09. The minimum Gasteiger partial charge on any atom is -0.493 e. The van der Waals surface area contributed by atoms with Gasteiger partial charge in [-0.1, -0.05) is 18.2 Å². The Morgan fingerprint density at radius 1 is 1.21 bits per heavy atom. The van der Waals surface area contributed by atoms with Crippen LogP contribution >= 0.6 is 0 Å². The fourth-order valence-corrected chi connectivity index (χ4v) is 1.71. The fraction of sp³-hybridized carbons (Fsp3) is 0.353. The van der Waals surface area contributed by atoms with E-state index < -0.39 is 24.5 Å². The van der Waals surface area contributed by atoms with Gasteiger partial charge in [-0.25, -0.2) is 9.59 Å². The van der Waals surface area contributed by atoms with Crippen LogP contribution in [-0.2, 0) is 14.3 Å². The van der Waals surface area contributed by atoms with Gasteiger partial charge in [0.1, 0.15) is 5.75 Å². The number of rotatable bonds is 7. The van der Waals surface area contributed by atoms with Crippen LogP contribution < -0.4 is 15.4 Å². The average Bonchev–Trinajstić information content (AvgIpc) is 2.51. The second kappa shape index (κ2) is 10.0. The number of imide groups is 1. The normalized spacial score (nSPS) is 10.5. The molecule has 130 valence electrons. The van der Waals surface area contributed by atoms with Crippen LogP contribution in [0.3, 0.4) is 0 Å². The number of hydrogen-bond donors (Lipinski definition) is 2. The third-order valence-electron chi connectivity index (χ3n) is 2.64. The van der Waals surface area contributed by atoms with Crippen molar-refractivity contribution in [3.05, 3.63) is 35.9 Å². The Hall–Kier alpha value is -2.83. The van der Waals surface area contributed by atoms with Gasteiger partial charge in [0.25, 0.3) is 5.91 Å². The van der Waals surface area contributed by atoms with Crippen molar-refractivity contribution in [3.63, 3.8) is 0 Å². The van der Waals surface area contributed by atoms with Crippen molar-refractivity contribution in [2.24, 2.45) is 0 Å². The first-order valence-electron chi connectivity index (χ1n) is 7.59. The van der Waals surface area contributed by atoms with E-state index in [1.54, 1.807) is 26.0 Å². The largest absolute Gasteiger partial charge is 0.493 e. The topological polar surface area (TPSA) is 93.7 Å². The number of esters is 1. The van der Waals surface area contributed by atoms with Crippen LogP contribution in [0, 0.1) is 0 Å². The Morgan fingerprint density at radius 3 is 2.58 bits per heavy atom. The predicted molar refractivity (Wildman–Crippen MR) is 89.4 cm³/mol. The van der Waals surface area contributed by atoms with Gasteiger partial charge in [0.15, 0.2) is 6.61 Å². The molecular weight excluding hydrogens is 312 g/mol. The third kappa shape index (κ3) is 7.44. The zero-order chi connectivity index (χ0) is 17.9. The van der Waals surface area contributed by atoms with Crippen molar-refractivity contribution < 1.29 is 23.9 Å². The standard InChI is InChI=1S/C17H22N2O5/c1-4-23-14-8-6-5-7-13(14)9-10-16(21)24-11-15(20)19-17(22)18-12(2)3/h5-10,12H,4,11H2,1-3H3,(H2,18,19,20,22)/b10-9+. The van der Waals surface area contributed by atoms with E-state index >= 15 is 0 Å². The second-order valence-electron chi connectivity index (χ2n) is 5.09. The van der Waals surface area contributed by atoms with Crippen LogP contribution in [0.1, 0.15) is 26.3 Å². The second-order valence-corrected chi connectivity index (χ2v) is 5.09. The van der Waals surface area contributed by atoms with Gasteiger partial charge in [-0.15, -0.1) is 0 Å². The molecule has 24 heavy (non-hydrogen) atoms. The summed E-state index contributed by atoms with van der Waals surface area (Å²) in [5.41, 5.74) is 0.720. The van der Waals surface area contributed by atoms with Crippen LogP contribution in [0.4, 0.5) is 4.79 Å². The maximum absolute atomic E-state index is 11.6. The van der Waals surface area contributed by atoms with Crippen LogP contribution in [0.5, 0.6) is 5.75 Å². The van der Waals surface area contributed by atoms with E-state index in [1.165, 1.54) is 12.2 Å². The average molecular weight is 334 g/mol. The smallest absolute Gasteiger partial charge is 0.331 e. The van der Waals surface area contributed by atoms with Gasteiger partial charge >= 0.3 is 12.0 Å². The van der Waals surface area contributed by atoms with Gasteiger partial charge in [-0.3, -0.25) is 10.1 Å². The number of ether oxygens (including phenoxy) is 2. The first-order valence-corrected chi connectivity index (χ1v) is 7.59. The number of urea groups is 1. The number of carbonyl (C=O) groups is 3. The van der Waals surface area contributed by atoms with Crippen molar-refractivity contribution in [1.82, 2.24) is 10.6 Å². The molecule has 0 heterocycles. The van der Waals surface area contributed by atoms with Crippen LogP contribution in [0.25, 0.3) is 6.08 Å². The number of amides is 3. The minimum atomic E-state index is -0.704. The molecule has 1 aromatic carbocycles. The summed E-state index contributed by atoms with van der Waals surface area (Å²) in [6, 6.07) is 6.48. The molecule has 0 bridgehead atoms. The molecule has 0 spiro atoms. The van der Waals surface area contributed by atoms with E-state index in [0.717, 1.165) is 5.56 Å². The Kier molecular flexibility index (Phi) is 8.04. The van der Waals surface area contributed by atoms with Crippen LogP contribution in [-0.4, -0.2) is 37.2 Å². The van der Waals surface area contributed by atoms with Crippen molar-refractivity contribution in [2.45, 2.75) is 26.8 Å². The summed E-state index contributed by atoms with van der Waals surface area (Å²) in [5.74, 6) is -0.752. The molecule has 0 aliphatic rings. The lowest BCUT2D eigenvalue weighted by atomic mass is 10.2. The minimum absolute atomic E-state index is 0.103. The molecule has 0 aliphatic heterocycles. The molecule has 0 saturated heterocycles. The highest BCUT2D eigenvalue weighted by Crippen LogP contribution is 2.19. The number of benzene rings is 1. The molecule has 0 aromatic heterocycles. The number of carbonyl (C=O) groups excluding carboxylic acids is 3. The molecule has 1 aromatic rings. The lowest BCUT2D eigenvalue weighted by Crippen LogP contribution is -2.43. The molecule has 1 rings (SSSR count). The number of para-hydroxylation sites is 1. The van der Waals surface area contributed by atoms with Gasteiger partial charge < -0.3 is 14.8 Å². The summed E-state index contributed by atoms with van der Waals surface area (Å²) in [6.45, 7) is 5.35. The Bertz CT molecular complexity index is 611. The Morgan fingerprint density at radius 2 is 1.92 bits per heavy atom. The fourth-order valence-electron chi connectivity index (χ4n) is 1.71. The van der Waals surface area contributed by atoms with Crippen LogP contribution in [0.2, 0.25) is 0 Å². The van der Waals surface area contributed by atoms with Gasteiger partial charge in [-0.05, 0) is 32.9 Å². The van der Waals surface area contributed by atoms with Crippen molar-refractivity contribution in [1.29, 1.82) is 0 Å². The molecule has 0 aliphatic carbocycles. The highest BCUT2D eigenvalue weighted by atomic mass is 16.5. The zero-order valence-corrected chi connectivity index (χ0v) is 14.0. The quantitative estimate of drug-likeness (QED) is 0.586. The van der Waals surface area contributed by atoms with Crippen LogP contribution in [0.15, 0.2) is 30.3 Å². The summed E-state index contributed by atoms with van der Waals surface area (Å²) in [7, 11) is 0. The summed E-state index contributed by atoms with van der Waals surface area (Å²) in [5, 5.41) is 4.54. The van der Waals surface area contributed by atoms with Gasteiger partial charge in [0.2, 0.25) is 0 Å². The van der Waals surface area contributed by atoms with E-state index in [2.05, 4.69) is 10.6 Å². The molecular formula is C17H22N2O5. The first-order chi connectivity index (χ1) is 11.4. The van der Waals surface area contributed by atoms with Crippen molar-refractivity contribution in [3.8, 4) is 5.75 Å². The van der Waals surface area contributed by atoms with Gasteiger partial charge in [-0.2, -0.15) is 0 Å². The zero-order valence-electron chi connectivity index (χ0n) is 14.0. The van der Waals surface area contributed by atoms with Crippen molar-refractivity contribution in [2.75, 3.05) is 13.2 Å². The van der Waals surface area contributed by atoms with E-state index in [-0.39, 0.29) is 6.04 Å². The third-order valence-corrected chi connectivity index (χ3v) is 2.64. The molecule has 0 unspecified atom stereocenters. The summed E-state index contributed by atoms with van der Waals surface area (Å²) < 4.78 is 10.2.